The van der Waals surface area contributed by atoms with Gasteiger partial charge in [-0.05, 0) is 25.1 Å². The summed E-state index contributed by atoms with van der Waals surface area (Å²) in [6, 6.07) is 9.47. The van der Waals surface area contributed by atoms with Crippen molar-refractivity contribution in [3.05, 3.63) is 64.0 Å². The second-order valence-corrected chi connectivity index (χ2v) is 7.99. The maximum atomic E-state index is 12.2. The molecule has 0 bridgehead atoms. The topological polar surface area (TPSA) is 97.1 Å². The van der Waals surface area contributed by atoms with Crippen molar-refractivity contribution in [1.82, 2.24) is 15.3 Å². The van der Waals surface area contributed by atoms with Gasteiger partial charge in [-0.2, -0.15) is 0 Å². The van der Waals surface area contributed by atoms with Crippen LogP contribution in [0.15, 0.2) is 46.4 Å². The highest BCUT2D eigenvalue weighted by molar-refractivity contribution is 7.18. The molecule has 28 heavy (non-hydrogen) atoms. The van der Waals surface area contributed by atoms with E-state index in [1.807, 2.05) is 24.3 Å². The lowest BCUT2D eigenvalue weighted by atomic mass is 10.2. The summed E-state index contributed by atoms with van der Waals surface area (Å²) in [6.07, 6.45) is 1.61. The number of fused-ring (bicyclic) bond motifs is 1. The molecule has 1 aromatic carbocycles. The fourth-order valence-corrected chi connectivity index (χ4v) is 4.24. The fraction of sp³-hybridized carbons (Fsp3) is 0.158. The number of aromatic nitrogens is 2. The normalized spacial score (nSPS) is 10.9. The summed E-state index contributed by atoms with van der Waals surface area (Å²) >= 11 is 2.84. The van der Waals surface area contributed by atoms with Crippen LogP contribution >= 0.6 is 22.7 Å². The Bertz CT molecular complexity index is 1110. The number of nitrogens with zero attached hydrogens (tertiary/aromatic N) is 2. The number of para-hydroxylation sites is 1. The Balaban J connectivity index is 1.31. The van der Waals surface area contributed by atoms with Gasteiger partial charge >= 0.3 is 0 Å². The monoisotopic (exact) mass is 412 g/mol. The Morgan fingerprint density at radius 3 is 2.82 bits per heavy atom. The first-order chi connectivity index (χ1) is 13.6. The molecule has 4 rings (SSSR count). The molecule has 0 fully saturated rings. The van der Waals surface area contributed by atoms with Gasteiger partial charge in [0.05, 0.1) is 40.7 Å². The predicted octanol–water partition coefficient (Wildman–Crippen LogP) is 3.77. The SMILES string of the molecule is Cc1occc1C(=O)Nc1nc(CC(=O)NCc2nc3ccccc3s2)cs1. The summed E-state index contributed by atoms with van der Waals surface area (Å²) in [5.74, 6) is 0.115. The molecule has 0 radical (unpaired) electrons. The number of benzene rings is 1. The Morgan fingerprint density at radius 1 is 1.18 bits per heavy atom. The highest BCUT2D eigenvalue weighted by atomic mass is 32.1. The van der Waals surface area contributed by atoms with Crippen LogP contribution in [-0.2, 0) is 17.8 Å². The molecule has 3 heterocycles. The average Bonchev–Trinajstić information content (AvgIpc) is 3.39. The van der Waals surface area contributed by atoms with Crippen molar-refractivity contribution in [2.45, 2.75) is 19.9 Å². The van der Waals surface area contributed by atoms with Crippen LogP contribution in [-0.4, -0.2) is 21.8 Å². The average molecular weight is 412 g/mol. The first kappa shape index (κ1) is 18.3. The van der Waals surface area contributed by atoms with Gasteiger partial charge in [-0.3, -0.25) is 14.9 Å². The van der Waals surface area contributed by atoms with E-state index in [1.54, 1.807) is 29.7 Å². The highest BCUT2D eigenvalue weighted by Gasteiger charge is 2.14. The van der Waals surface area contributed by atoms with E-state index in [9.17, 15) is 9.59 Å². The van der Waals surface area contributed by atoms with Crippen LogP contribution in [0.1, 0.15) is 26.8 Å². The summed E-state index contributed by atoms with van der Waals surface area (Å²) in [7, 11) is 0. The van der Waals surface area contributed by atoms with Crippen LogP contribution in [0.2, 0.25) is 0 Å². The molecular formula is C19H16N4O3S2. The van der Waals surface area contributed by atoms with Gasteiger partial charge in [-0.1, -0.05) is 12.1 Å². The number of hydrogen-bond donors (Lipinski definition) is 2. The van der Waals surface area contributed by atoms with Crippen LogP contribution in [0.3, 0.4) is 0 Å². The van der Waals surface area contributed by atoms with Crippen molar-refractivity contribution in [1.29, 1.82) is 0 Å². The zero-order valence-corrected chi connectivity index (χ0v) is 16.5. The number of carbonyl (C=O) groups is 2. The largest absolute Gasteiger partial charge is 0.469 e. The number of thiazole rings is 2. The summed E-state index contributed by atoms with van der Waals surface area (Å²) in [5, 5.41) is 8.64. The van der Waals surface area contributed by atoms with Crippen LogP contribution < -0.4 is 10.6 Å². The van der Waals surface area contributed by atoms with Crippen LogP contribution in [0.25, 0.3) is 10.2 Å². The minimum absolute atomic E-state index is 0.141. The van der Waals surface area contributed by atoms with Crippen LogP contribution in [0, 0.1) is 6.92 Å². The first-order valence-corrected chi connectivity index (χ1v) is 10.2. The quantitative estimate of drug-likeness (QED) is 0.502. The number of amides is 2. The number of hydrogen-bond acceptors (Lipinski definition) is 7. The first-order valence-electron chi connectivity index (χ1n) is 8.49. The van der Waals surface area contributed by atoms with E-state index in [0.29, 0.717) is 28.7 Å². The van der Waals surface area contributed by atoms with Gasteiger partial charge in [0, 0.05) is 5.38 Å². The molecule has 0 saturated carbocycles. The molecule has 2 N–H and O–H groups in total. The zero-order valence-electron chi connectivity index (χ0n) is 14.9. The Hall–Kier alpha value is -3.04. The summed E-state index contributed by atoms with van der Waals surface area (Å²) in [6.45, 7) is 2.10. The standard InChI is InChI=1S/C19H16N4O3S2/c1-11-13(6-7-26-11)18(25)23-19-21-12(10-27-19)8-16(24)20-9-17-22-14-4-2-3-5-15(14)28-17/h2-7,10H,8-9H2,1H3,(H,20,24)(H,21,23,25). The van der Waals surface area contributed by atoms with Crippen molar-refractivity contribution >= 4 is 49.8 Å². The van der Waals surface area contributed by atoms with E-state index >= 15 is 0 Å². The van der Waals surface area contributed by atoms with E-state index in [2.05, 4.69) is 20.6 Å². The minimum atomic E-state index is -0.285. The summed E-state index contributed by atoms with van der Waals surface area (Å²) in [4.78, 5) is 33.2. The molecule has 0 aliphatic heterocycles. The fourth-order valence-electron chi connectivity index (χ4n) is 2.63. The lowest BCUT2D eigenvalue weighted by molar-refractivity contribution is -0.120. The zero-order chi connectivity index (χ0) is 19.5. The molecule has 7 nitrogen and oxygen atoms in total. The van der Waals surface area contributed by atoms with E-state index < -0.39 is 0 Å². The molecule has 0 saturated heterocycles. The molecule has 9 heteroatoms. The Morgan fingerprint density at radius 2 is 2.04 bits per heavy atom. The van der Waals surface area contributed by atoms with Crippen LogP contribution in [0.5, 0.6) is 0 Å². The van der Waals surface area contributed by atoms with Gasteiger partial charge in [0.25, 0.3) is 5.91 Å². The third kappa shape index (κ3) is 4.10. The van der Waals surface area contributed by atoms with Crippen molar-refractivity contribution in [3.8, 4) is 0 Å². The van der Waals surface area contributed by atoms with Crippen molar-refractivity contribution in [2.75, 3.05) is 5.32 Å². The Kier molecular flexibility index (Phi) is 5.18. The number of anilines is 1. The number of aryl methyl sites for hydroxylation is 1. The minimum Gasteiger partial charge on any atom is -0.469 e. The summed E-state index contributed by atoms with van der Waals surface area (Å²) < 4.78 is 6.23. The van der Waals surface area contributed by atoms with Crippen molar-refractivity contribution in [2.24, 2.45) is 0 Å². The number of rotatable bonds is 6. The summed E-state index contributed by atoms with van der Waals surface area (Å²) in [5.41, 5.74) is 2.00. The molecule has 0 unspecified atom stereocenters. The number of carbonyl (C=O) groups excluding carboxylic acids is 2. The van der Waals surface area contributed by atoms with Gasteiger partial charge in [0.2, 0.25) is 5.91 Å². The molecular weight excluding hydrogens is 396 g/mol. The second kappa shape index (κ2) is 7.91. The van der Waals surface area contributed by atoms with Gasteiger partial charge in [0.15, 0.2) is 5.13 Å². The lowest BCUT2D eigenvalue weighted by Gasteiger charge is -2.01. The van der Waals surface area contributed by atoms with E-state index in [1.165, 1.54) is 17.6 Å². The Labute approximate surface area is 168 Å². The highest BCUT2D eigenvalue weighted by Crippen LogP contribution is 2.21. The lowest BCUT2D eigenvalue weighted by Crippen LogP contribution is -2.24. The van der Waals surface area contributed by atoms with E-state index in [-0.39, 0.29) is 18.2 Å². The maximum Gasteiger partial charge on any atom is 0.260 e. The molecule has 3 aromatic heterocycles. The van der Waals surface area contributed by atoms with Crippen molar-refractivity contribution < 1.29 is 14.0 Å². The van der Waals surface area contributed by atoms with E-state index in [0.717, 1.165) is 15.2 Å². The second-order valence-electron chi connectivity index (χ2n) is 6.02. The molecule has 2 amide bonds. The molecule has 0 atom stereocenters. The molecule has 0 aliphatic rings. The smallest absolute Gasteiger partial charge is 0.260 e. The third-order valence-corrected chi connectivity index (χ3v) is 5.84. The molecule has 0 spiro atoms. The van der Waals surface area contributed by atoms with Gasteiger partial charge in [-0.25, -0.2) is 9.97 Å². The van der Waals surface area contributed by atoms with E-state index in [4.69, 9.17) is 4.42 Å². The van der Waals surface area contributed by atoms with Crippen molar-refractivity contribution in [3.63, 3.8) is 0 Å². The predicted molar refractivity (Wildman–Crippen MR) is 109 cm³/mol. The third-order valence-electron chi connectivity index (χ3n) is 3.99. The molecule has 142 valence electrons. The van der Waals surface area contributed by atoms with Gasteiger partial charge in [0.1, 0.15) is 10.8 Å². The molecule has 4 aromatic rings. The van der Waals surface area contributed by atoms with Gasteiger partial charge in [-0.15, -0.1) is 22.7 Å². The van der Waals surface area contributed by atoms with Gasteiger partial charge < -0.3 is 9.73 Å². The maximum absolute atomic E-state index is 12.2. The molecule has 0 aliphatic carbocycles. The van der Waals surface area contributed by atoms with Crippen LogP contribution in [0.4, 0.5) is 5.13 Å². The number of nitrogens with one attached hydrogen (secondary N) is 2. The number of furan rings is 1.